The summed E-state index contributed by atoms with van der Waals surface area (Å²) >= 11 is 0. The predicted octanol–water partition coefficient (Wildman–Crippen LogP) is 7.25. The predicted molar refractivity (Wildman–Crippen MR) is 160 cm³/mol. The summed E-state index contributed by atoms with van der Waals surface area (Å²) in [6, 6.07) is 24.5. The molecule has 1 aliphatic carbocycles. The van der Waals surface area contributed by atoms with E-state index < -0.39 is 11.9 Å². The summed E-state index contributed by atoms with van der Waals surface area (Å²) in [7, 11) is 0. The Bertz CT molecular complexity index is 1500. The number of nitrogens with zero attached hydrogens (tertiary/aromatic N) is 3. The van der Waals surface area contributed by atoms with Crippen LogP contribution >= 0.6 is 0 Å². The van der Waals surface area contributed by atoms with E-state index in [0.29, 0.717) is 11.6 Å². The highest BCUT2D eigenvalue weighted by Crippen LogP contribution is 2.37. The van der Waals surface area contributed by atoms with E-state index in [0.717, 1.165) is 30.0 Å². The van der Waals surface area contributed by atoms with Crippen LogP contribution in [0.4, 0.5) is 17.1 Å². The number of hydrogen-bond acceptors (Lipinski definition) is 4. The van der Waals surface area contributed by atoms with Gasteiger partial charge in [0, 0.05) is 17.9 Å². The van der Waals surface area contributed by atoms with Crippen LogP contribution in [0.15, 0.2) is 95.6 Å². The standard InChI is InChI=1S/C34H33N3O3/c38-33-30(32(34(39)40)35-37(33)29-13-5-2-6-14-29)15-7-9-24-16-21-31-27(23-24)12-8-22-36(31)28-19-17-26(18-20-28)25-10-3-1-4-11-25/h2,5-7,9,13-21,23,25H,1,3-4,8,10-12,22H2,(H,39,40)/b9-7+,30-15-. The first-order valence-electron chi connectivity index (χ1n) is 14.2. The molecule has 1 fully saturated rings. The monoisotopic (exact) mass is 531 g/mol. The van der Waals surface area contributed by atoms with Crippen LogP contribution < -0.4 is 9.91 Å². The Hall–Kier alpha value is -4.45. The number of hydrazone groups is 1. The maximum absolute atomic E-state index is 13.0. The molecule has 3 aromatic carbocycles. The molecule has 0 saturated heterocycles. The lowest BCUT2D eigenvalue weighted by Crippen LogP contribution is -2.24. The van der Waals surface area contributed by atoms with Crippen LogP contribution in [0.3, 0.4) is 0 Å². The fourth-order valence-corrected chi connectivity index (χ4v) is 6.07. The minimum Gasteiger partial charge on any atom is -0.476 e. The van der Waals surface area contributed by atoms with Gasteiger partial charge in [-0.1, -0.05) is 67.8 Å². The molecule has 6 rings (SSSR count). The molecule has 0 spiro atoms. The van der Waals surface area contributed by atoms with E-state index in [1.165, 1.54) is 60.7 Å². The molecule has 1 saturated carbocycles. The highest BCUT2D eigenvalue weighted by molar-refractivity contribution is 6.52. The SMILES string of the molecule is O=C(O)C1=NN(c2ccccc2)C(=O)/C1=C\C=C\c1ccc2c(c1)CCCN2c1ccc(C2CCCCC2)cc1. The number of para-hydroxylation sites is 1. The Morgan fingerprint density at radius 1 is 0.900 bits per heavy atom. The number of carbonyl (C=O) groups excluding carboxylic acids is 1. The van der Waals surface area contributed by atoms with Crippen molar-refractivity contribution in [3.63, 3.8) is 0 Å². The van der Waals surface area contributed by atoms with Gasteiger partial charge in [-0.15, -0.1) is 0 Å². The molecular formula is C34H33N3O3. The van der Waals surface area contributed by atoms with Gasteiger partial charge in [-0.25, -0.2) is 4.79 Å². The van der Waals surface area contributed by atoms with Gasteiger partial charge in [0.05, 0.1) is 11.3 Å². The smallest absolute Gasteiger partial charge is 0.357 e. The van der Waals surface area contributed by atoms with Crippen molar-refractivity contribution < 1.29 is 14.7 Å². The van der Waals surface area contributed by atoms with E-state index in [-0.39, 0.29) is 11.3 Å². The maximum atomic E-state index is 13.0. The minimum atomic E-state index is -1.23. The van der Waals surface area contributed by atoms with Gasteiger partial charge >= 0.3 is 5.97 Å². The molecule has 1 N–H and O–H groups in total. The van der Waals surface area contributed by atoms with Crippen molar-refractivity contribution >= 4 is 40.7 Å². The molecule has 6 heteroatoms. The fourth-order valence-electron chi connectivity index (χ4n) is 6.07. The first kappa shape index (κ1) is 25.8. The summed E-state index contributed by atoms with van der Waals surface area (Å²) in [5.74, 6) is -0.976. The van der Waals surface area contributed by atoms with E-state index in [1.807, 2.05) is 12.1 Å². The molecule has 0 bridgehead atoms. The van der Waals surface area contributed by atoms with Crippen molar-refractivity contribution in [2.45, 2.75) is 50.9 Å². The lowest BCUT2D eigenvalue weighted by atomic mass is 9.84. The second kappa shape index (κ2) is 11.3. The average Bonchev–Trinajstić information content (AvgIpc) is 3.34. The number of rotatable bonds is 6. The summed E-state index contributed by atoms with van der Waals surface area (Å²) in [5.41, 5.74) is 6.57. The number of benzene rings is 3. The first-order valence-corrected chi connectivity index (χ1v) is 14.2. The molecule has 40 heavy (non-hydrogen) atoms. The van der Waals surface area contributed by atoms with Crippen molar-refractivity contribution in [1.82, 2.24) is 0 Å². The fraction of sp³-hybridized carbons (Fsp3) is 0.265. The molecule has 0 unspecified atom stereocenters. The number of carboxylic acid groups (broad SMARTS) is 1. The topological polar surface area (TPSA) is 73.2 Å². The van der Waals surface area contributed by atoms with Gasteiger partial charge in [0.25, 0.3) is 5.91 Å². The van der Waals surface area contributed by atoms with Crippen LogP contribution in [0.1, 0.15) is 61.1 Å². The number of allylic oxidation sites excluding steroid dienone is 2. The molecule has 3 aromatic rings. The van der Waals surface area contributed by atoms with Crippen LogP contribution in [0.2, 0.25) is 0 Å². The Morgan fingerprint density at radius 2 is 1.68 bits per heavy atom. The summed E-state index contributed by atoms with van der Waals surface area (Å²) in [6.07, 6.45) is 13.9. The van der Waals surface area contributed by atoms with Gasteiger partial charge in [0.15, 0.2) is 5.71 Å². The van der Waals surface area contributed by atoms with Gasteiger partial charge in [0.2, 0.25) is 0 Å². The zero-order valence-electron chi connectivity index (χ0n) is 22.5. The quantitative estimate of drug-likeness (QED) is 0.340. The van der Waals surface area contributed by atoms with Gasteiger partial charge < -0.3 is 10.0 Å². The van der Waals surface area contributed by atoms with E-state index in [2.05, 4.69) is 52.5 Å². The first-order chi connectivity index (χ1) is 19.6. The van der Waals surface area contributed by atoms with Crippen LogP contribution in [-0.2, 0) is 16.0 Å². The van der Waals surface area contributed by atoms with E-state index in [1.54, 1.807) is 30.3 Å². The van der Waals surface area contributed by atoms with E-state index >= 15 is 0 Å². The van der Waals surface area contributed by atoms with Gasteiger partial charge in [-0.05, 0) is 90.8 Å². The van der Waals surface area contributed by atoms with Crippen molar-refractivity contribution in [3.05, 3.63) is 107 Å². The summed E-state index contributed by atoms with van der Waals surface area (Å²) in [5, 5.41) is 14.8. The number of aliphatic carboxylic acids is 1. The lowest BCUT2D eigenvalue weighted by Gasteiger charge is -2.32. The largest absolute Gasteiger partial charge is 0.476 e. The highest BCUT2D eigenvalue weighted by Gasteiger charge is 2.34. The molecule has 6 nitrogen and oxygen atoms in total. The van der Waals surface area contributed by atoms with Crippen LogP contribution in [0, 0.1) is 0 Å². The lowest BCUT2D eigenvalue weighted by molar-refractivity contribution is -0.129. The van der Waals surface area contributed by atoms with E-state index in [4.69, 9.17) is 0 Å². The zero-order valence-corrected chi connectivity index (χ0v) is 22.5. The Kier molecular flexibility index (Phi) is 7.32. The number of fused-ring (bicyclic) bond motifs is 1. The Labute approximate surface area is 234 Å². The van der Waals surface area contributed by atoms with Crippen molar-refractivity contribution in [2.75, 3.05) is 16.5 Å². The molecule has 2 aliphatic heterocycles. The molecule has 202 valence electrons. The van der Waals surface area contributed by atoms with E-state index in [9.17, 15) is 14.7 Å². The third-order valence-corrected chi connectivity index (χ3v) is 8.14. The van der Waals surface area contributed by atoms with Gasteiger partial charge in [-0.2, -0.15) is 10.1 Å². The Morgan fingerprint density at radius 3 is 2.42 bits per heavy atom. The number of carboxylic acids is 1. The normalized spacial score (nSPS) is 18.9. The number of anilines is 3. The molecule has 3 aliphatic rings. The summed E-state index contributed by atoms with van der Waals surface area (Å²) in [4.78, 5) is 27.2. The average molecular weight is 532 g/mol. The van der Waals surface area contributed by atoms with Gasteiger partial charge in [-0.3, -0.25) is 4.79 Å². The molecular weight excluding hydrogens is 498 g/mol. The maximum Gasteiger partial charge on any atom is 0.357 e. The molecule has 0 radical (unpaired) electrons. The van der Waals surface area contributed by atoms with Crippen molar-refractivity contribution in [3.8, 4) is 0 Å². The third-order valence-electron chi connectivity index (χ3n) is 8.14. The highest BCUT2D eigenvalue weighted by atomic mass is 16.4. The number of carbonyl (C=O) groups is 2. The Balaban J connectivity index is 1.19. The number of amides is 1. The molecule has 1 amide bonds. The van der Waals surface area contributed by atoms with Crippen LogP contribution in [-0.4, -0.2) is 29.2 Å². The molecule has 0 aromatic heterocycles. The van der Waals surface area contributed by atoms with Crippen LogP contribution in [0.25, 0.3) is 6.08 Å². The third kappa shape index (κ3) is 5.22. The number of aryl methyl sites for hydroxylation is 1. The summed E-state index contributed by atoms with van der Waals surface area (Å²) < 4.78 is 0. The van der Waals surface area contributed by atoms with Crippen molar-refractivity contribution in [2.24, 2.45) is 5.10 Å². The second-order valence-electron chi connectivity index (χ2n) is 10.7. The zero-order chi connectivity index (χ0) is 27.5. The van der Waals surface area contributed by atoms with Crippen molar-refractivity contribution in [1.29, 1.82) is 0 Å². The minimum absolute atomic E-state index is 0.0633. The number of hydrogen-bond donors (Lipinski definition) is 1. The molecule has 0 atom stereocenters. The summed E-state index contributed by atoms with van der Waals surface area (Å²) in [6.45, 7) is 0.994. The second-order valence-corrected chi connectivity index (χ2v) is 10.7. The van der Waals surface area contributed by atoms with Crippen LogP contribution in [0.5, 0.6) is 0 Å². The molecule has 2 heterocycles. The van der Waals surface area contributed by atoms with Gasteiger partial charge in [0.1, 0.15) is 0 Å².